The third-order valence-corrected chi connectivity index (χ3v) is 4.70. The number of hydrogen-bond acceptors (Lipinski definition) is 5. The SMILES string of the molecule is CC(=O)N(CCC1(C)COC(C)(C)O1)CCC1(C)COC(C)(C)O1. The first kappa shape index (κ1) is 19.6. The lowest BCUT2D eigenvalue weighted by Gasteiger charge is -2.31. The number of hydrogen-bond donors (Lipinski definition) is 0. The average molecular weight is 343 g/mol. The van der Waals surface area contributed by atoms with E-state index in [0.717, 1.165) is 12.8 Å². The van der Waals surface area contributed by atoms with E-state index in [4.69, 9.17) is 18.9 Å². The Bertz CT molecular complexity index is 442. The second kappa shape index (κ2) is 6.56. The van der Waals surface area contributed by atoms with Crippen LogP contribution >= 0.6 is 0 Å². The lowest BCUT2D eigenvalue weighted by atomic mass is 10.0. The van der Waals surface area contributed by atoms with Gasteiger partial charge in [0.25, 0.3) is 0 Å². The molecule has 6 heteroatoms. The normalized spacial score (nSPS) is 34.5. The third kappa shape index (κ3) is 5.15. The minimum absolute atomic E-state index is 0.0681. The topological polar surface area (TPSA) is 57.2 Å². The van der Waals surface area contributed by atoms with E-state index in [9.17, 15) is 4.79 Å². The van der Waals surface area contributed by atoms with Crippen molar-refractivity contribution in [1.82, 2.24) is 4.90 Å². The fraction of sp³-hybridized carbons (Fsp3) is 0.944. The van der Waals surface area contributed by atoms with Gasteiger partial charge in [-0.3, -0.25) is 4.79 Å². The Balaban J connectivity index is 1.86. The van der Waals surface area contributed by atoms with Crippen molar-refractivity contribution in [2.75, 3.05) is 26.3 Å². The Morgan fingerprint density at radius 1 is 0.833 bits per heavy atom. The van der Waals surface area contributed by atoms with Crippen LogP contribution in [0, 0.1) is 0 Å². The van der Waals surface area contributed by atoms with Crippen molar-refractivity contribution in [2.45, 2.75) is 84.1 Å². The van der Waals surface area contributed by atoms with Crippen molar-refractivity contribution in [3.8, 4) is 0 Å². The zero-order valence-corrected chi connectivity index (χ0v) is 16.2. The van der Waals surface area contributed by atoms with Gasteiger partial charge in [-0.05, 0) is 54.4 Å². The third-order valence-electron chi connectivity index (χ3n) is 4.70. The predicted molar refractivity (Wildman–Crippen MR) is 90.5 cm³/mol. The molecule has 0 spiro atoms. The molecule has 1 amide bonds. The molecule has 0 radical (unpaired) electrons. The van der Waals surface area contributed by atoms with Gasteiger partial charge in [-0.15, -0.1) is 0 Å². The van der Waals surface area contributed by atoms with Crippen LogP contribution in [0.4, 0.5) is 0 Å². The molecule has 2 heterocycles. The lowest BCUT2D eigenvalue weighted by molar-refractivity contribution is -0.161. The molecule has 0 aromatic carbocycles. The van der Waals surface area contributed by atoms with Crippen LogP contribution in [0.2, 0.25) is 0 Å². The summed E-state index contributed by atoms with van der Waals surface area (Å²) in [6.45, 7) is 15.7. The highest BCUT2D eigenvalue weighted by atomic mass is 16.8. The van der Waals surface area contributed by atoms with Crippen molar-refractivity contribution >= 4 is 5.91 Å². The molecule has 0 aliphatic carbocycles. The largest absolute Gasteiger partial charge is 0.348 e. The van der Waals surface area contributed by atoms with Gasteiger partial charge in [0.2, 0.25) is 5.91 Å². The Labute approximate surface area is 145 Å². The second-order valence-corrected chi connectivity index (χ2v) is 8.49. The molecule has 2 rings (SSSR count). The van der Waals surface area contributed by atoms with E-state index in [1.807, 2.05) is 46.4 Å². The minimum Gasteiger partial charge on any atom is -0.348 e. The van der Waals surface area contributed by atoms with Crippen molar-refractivity contribution in [3.05, 3.63) is 0 Å². The van der Waals surface area contributed by atoms with Gasteiger partial charge in [0.05, 0.1) is 24.4 Å². The molecular formula is C18H33NO5. The fourth-order valence-electron chi connectivity index (χ4n) is 3.37. The van der Waals surface area contributed by atoms with E-state index in [1.54, 1.807) is 6.92 Å². The maximum absolute atomic E-state index is 12.0. The molecule has 2 saturated heterocycles. The standard InChI is InChI=1S/C18H33NO5/c1-14(20)19(10-8-17(6)12-21-15(2,3)23-17)11-9-18(7)13-22-16(4,5)24-18/h8-13H2,1-7H3. The zero-order chi connectivity index (χ0) is 18.2. The molecule has 0 aromatic rings. The number of rotatable bonds is 6. The number of ether oxygens (including phenoxy) is 4. The molecule has 0 aromatic heterocycles. The molecule has 2 unspecified atom stereocenters. The van der Waals surface area contributed by atoms with Crippen LogP contribution in [0.5, 0.6) is 0 Å². The summed E-state index contributed by atoms with van der Waals surface area (Å²) in [7, 11) is 0. The van der Waals surface area contributed by atoms with Crippen molar-refractivity contribution in [3.63, 3.8) is 0 Å². The maximum Gasteiger partial charge on any atom is 0.219 e. The van der Waals surface area contributed by atoms with E-state index in [2.05, 4.69) is 0 Å². The van der Waals surface area contributed by atoms with E-state index >= 15 is 0 Å². The number of carbonyl (C=O) groups excluding carboxylic acids is 1. The molecule has 0 bridgehead atoms. The van der Waals surface area contributed by atoms with Gasteiger partial charge in [0, 0.05) is 20.0 Å². The Hall–Kier alpha value is -0.690. The molecular weight excluding hydrogens is 310 g/mol. The van der Waals surface area contributed by atoms with Gasteiger partial charge in [-0.2, -0.15) is 0 Å². The highest BCUT2D eigenvalue weighted by Crippen LogP contribution is 2.34. The summed E-state index contributed by atoms with van der Waals surface area (Å²) in [6, 6.07) is 0. The van der Waals surface area contributed by atoms with Crippen LogP contribution in [0.15, 0.2) is 0 Å². The van der Waals surface area contributed by atoms with Crippen LogP contribution in [0.3, 0.4) is 0 Å². The fourth-order valence-corrected chi connectivity index (χ4v) is 3.37. The smallest absolute Gasteiger partial charge is 0.219 e. The molecule has 0 saturated carbocycles. The Morgan fingerprint density at radius 2 is 1.21 bits per heavy atom. The molecule has 2 aliphatic heterocycles. The number of amides is 1. The zero-order valence-electron chi connectivity index (χ0n) is 16.2. The summed E-state index contributed by atoms with van der Waals surface area (Å²) >= 11 is 0. The second-order valence-electron chi connectivity index (χ2n) is 8.49. The summed E-state index contributed by atoms with van der Waals surface area (Å²) in [4.78, 5) is 13.9. The van der Waals surface area contributed by atoms with Crippen LogP contribution in [-0.2, 0) is 23.7 Å². The summed E-state index contributed by atoms with van der Waals surface area (Å²) in [5.74, 6) is -1.04. The summed E-state index contributed by atoms with van der Waals surface area (Å²) in [5, 5.41) is 0. The van der Waals surface area contributed by atoms with Crippen molar-refractivity contribution < 1.29 is 23.7 Å². The molecule has 2 fully saturated rings. The van der Waals surface area contributed by atoms with Crippen LogP contribution in [-0.4, -0.2) is 59.9 Å². The van der Waals surface area contributed by atoms with Crippen molar-refractivity contribution in [2.24, 2.45) is 0 Å². The van der Waals surface area contributed by atoms with Gasteiger partial charge in [0.1, 0.15) is 0 Å². The van der Waals surface area contributed by atoms with Gasteiger partial charge in [-0.25, -0.2) is 0 Å². The Morgan fingerprint density at radius 3 is 1.46 bits per heavy atom. The minimum atomic E-state index is -0.552. The lowest BCUT2D eigenvalue weighted by Crippen LogP contribution is -2.41. The molecule has 2 aliphatic rings. The summed E-state index contributed by atoms with van der Waals surface area (Å²) < 4.78 is 23.3. The van der Waals surface area contributed by atoms with E-state index < -0.39 is 11.6 Å². The highest BCUT2D eigenvalue weighted by Gasteiger charge is 2.43. The first-order valence-corrected chi connectivity index (χ1v) is 8.78. The van der Waals surface area contributed by atoms with Gasteiger partial charge in [-0.1, -0.05) is 0 Å². The van der Waals surface area contributed by atoms with Gasteiger partial charge < -0.3 is 23.8 Å². The molecule has 6 nitrogen and oxygen atoms in total. The van der Waals surface area contributed by atoms with Crippen LogP contribution in [0.25, 0.3) is 0 Å². The quantitative estimate of drug-likeness (QED) is 0.742. The Kier molecular flexibility index (Phi) is 5.36. The van der Waals surface area contributed by atoms with E-state index in [0.29, 0.717) is 26.3 Å². The van der Waals surface area contributed by atoms with E-state index in [-0.39, 0.29) is 17.1 Å². The molecule has 24 heavy (non-hydrogen) atoms. The summed E-state index contributed by atoms with van der Waals surface area (Å²) in [6.07, 6.45) is 1.49. The van der Waals surface area contributed by atoms with Crippen molar-refractivity contribution in [1.29, 1.82) is 0 Å². The van der Waals surface area contributed by atoms with Crippen LogP contribution in [0.1, 0.15) is 61.3 Å². The molecule has 0 N–H and O–H groups in total. The molecule has 2 atom stereocenters. The first-order valence-electron chi connectivity index (χ1n) is 8.78. The van der Waals surface area contributed by atoms with Gasteiger partial charge >= 0.3 is 0 Å². The number of carbonyl (C=O) groups is 1. The first-order chi connectivity index (χ1) is 10.8. The molecule has 140 valence electrons. The maximum atomic E-state index is 12.0. The number of nitrogens with zero attached hydrogens (tertiary/aromatic N) is 1. The highest BCUT2D eigenvalue weighted by molar-refractivity contribution is 5.73. The van der Waals surface area contributed by atoms with Gasteiger partial charge in [0.15, 0.2) is 11.6 Å². The average Bonchev–Trinajstić information content (AvgIpc) is 2.85. The van der Waals surface area contributed by atoms with E-state index in [1.165, 1.54) is 0 Å². The summed E-state index contributed by atoms with van der Waals surface area (Å²) in [5.41, 5.74) is -0.702. The monoisotopic (exact) mass is 343 g/mol. The van der Waals surface area contributed by atoms with Crippen LogP contribution < -0.4 is 0 Å². The predicted octanol–water partition coefficient (Wildman–Crippen LogP) is 2.70.